The Morgan fingerprint density at radius 2 is 1.78 bits per heavy atom. The molecule has 1 aromatic carbocycles. The van der Waals surface area contributed by atoms with Crippen molar-refractivity contribution in [2.45, 2.75) is 0 Å². The average Bonchev–Trinajstić information content (AvgIpc) is 3.26. The Morgan fingerprint density at radius 1 is 1.04 bits per heavy atom. The number of carbonyl (C=O) groups excluding carboxylic acids is 2. The van der Waals surface area contributed by atoms with Gasteiger partial charge in [0, 0.05) is 37.8 Å². The number of nitrogens with zero attached hydrogens (tertiary/aromatic N) is 2. The van der Waals surface area contributed by atoms with Crippen LogP contribution >= 0.6 is 11.3 Å². The van der Waals surface area contributed by atoms with E-state index in [1.54, 1.807) is 36.2 Å². The molecule has 0 aliphatic carbocycles. The smallest absolute Gasteiger partial charge is 0.264 e. The number of carbonyl (C=O) groups is 2. The Labute approximate surface area is 162 Å². The molecule has 0 saturated carbocycles. The molecule has 1 aromatic heterocycles. The molecule has 0 bridgehead atoms. The molecule has 7 heteroatoms. The van der Waals surface area contributed by atoms with E-state index in [1.165, 1.54) is 17.4 Å². The van der Waals surface area contributed by atoms with Gasteiger partial charge in [-0.2, -0.15) is 0 Å². The number of hydrogen-bond donors (Lipinski definition) is 0. The van der Waals surface area contributed by atoms with Gasteiger partial charge in [0.15, 0.2) is 0 Å². The van der Waals surface area contributed by atoms with Crippen molar-refractivity contribution in [2.75, 3.05) is 40.4 Å². The van der Waals surface area contributed by atoms with Gasteiger partial charge in [0.2, 0.25) is 5.91 Å². The van der Waals surface area contributed by atoms with Gasteiger partial charge in [-0.1, -0.05) is 6.07 Å². The Hall–Kier alpha value is -2.80. The number of methoxy groups -OCH3 is 2. The van der Waals surface area contributed by atoms with E-state index in [1.807, 2.05) is 29.6 Å². The van der Waals surface area contributed by atoms with Gasteiger partial charge in [0.25, 0.3) is 5.91 Å². The zero-order valence-electron chi connectivity index (χ0n) is 15.4. The molecule has 2 heterocycles. The Balaban J connectivity index is 1.60. The van der Waals surface area contributed by atoms with Crippen LogP contribution < -0.4 is 9.47 Å². The molecule has 27 heavy (non-hydrogen) atoms. The molecule has 1 saturated heterocycles. The van der Waals surface area contributed by atoms with Crippen molar-refractivity contribution >= 4 is 29.2 Å². The van der Waals surface area contributed by atoms with Crippen molar-refractivity contribution in [2.24, 2.45) is 0 Å². The van der Waals surface area contributed by atoms with Gasteiger partial charge in [-0.05, 0) is 35.7 Å². The van der Waals surface area contributed by atoms with Crippen molar-refractivity contribution in [3.8, 4) is 11.5 Å². The first-order valence-electron chi connectivity index (χ1n) is 8.64. The number of amides is 2. The molecule has 142 valence electrons. The minimum absolute atomic E-state index is 0.0359. The second-order valence-corrected chi connectivity index (χ2v) is 6.98. The van der Waals surface area contributed by atoms with Gasteiger partial charge in [-0.15, -0.1) is 11.3 Å². The van der Waals surface area contributed by atoms with Crippen molar-refractivity contribution in [3.63, 3.8) is 0 Å². The summed E-state index contributed by atoms with van der Waals surface area (Å²) >= 11 is 1.44. The monoisotopic (exact) mass is 386 g/mol. The zero-order chi connectivity index (χ0) is 19.2. The number of hydrogen-bond acceptors (Lipinski definition) is 5. The van der Waals surface area contributed by atoms with Crippen LogP contribution in [0.5, 0.6) is 11.5 Å². The van der Waals surface area contributed by atoms with E-state index < -0.39 is 0 Å². The molecule has 0 radical (unpaired) electrons. The summed E-state index contributed by atoms with van der Waals surface area (Å²) in [5.74, 6) is 1.33. The summed E-state index contributed by atoms with van der Waals surface area (Å²) in [4.78, 5) is 29.2. The van der Waals surface area contributed by atoms with Crippen molar-refractivity contribution in [1.82, 2.24) is 9.80 Å². The summed E-state index contributed by atoms with van der Waals surface area (Å²) in [6.07, 6.45) is 3.26. The quantitative estimate of drug-likeness (QED) is 0.742. The number of ether oxygens (including phenoxy) is 2. The van der Waals surface area contributed by atoms with E-state index in [2.05, 4.69) is 0 Å². The Bertz CT molecular complexity index is 825. The van der Waals surface area contributed by atoms with Crippen LogP contribution in [-0.4, -0.2) is 62.0 Å². The van der Waals surface area contributed by atoms with Gasteiger partial charge >= 0.3 is 0 Å². The molecular formula is C20H22N2O4S. The lowest BCUT2D eigenvalue weighted by Crippen LogP contribution is -2.50. The SMILES string of the molecule is COc1ccc(OC)c(C=CC(=O)N2CCN(C(=O)c3cccs3)CC2)c1. The predicted octanol–water partition coefficient (Wildman–Crippen LogP) is 2.76. The van der Waals surface area contributed by atoms with E-state index in [-0.39, 0.29) is 11.8 Å². The summed E-state index contributed by atoms with van der Waals surface area (Å²) in [5, 5.41) is 1.89. The second kappa shape index (κ2) is 8.73. The lowest BCUT2D eigenvalue weighted by atomic mass is 10.1. The lowest BCUT2D eigenvalue weighted by molar-refractivity contribution is -0.127. The van der Waals surface area contributed by atoms with Crippen LogP contribution in [-0.2, 0) is 4.79 Å². The first kappa shape index (κ1) is 19.0. The van der Waals surface area contributed by atoms with Gasteiger partial charge in [0.1, 0.15) is 11.5 Å². The third kappa shape index (κ3) is 4.49. The van der Waals surface area contributed by atoms with Crippen LogP contribution in [0.25, 0.3) is 6.08 Å². The van der Waals surface area contributed by atoms with Gasteiger partial charge in [-0.3, -0.25) is 9.59 Å². The third-order valence-electron chi connectivity index (χ3n) is 4.45. The van der Waals surface area contributed by atoms with Crippen molar-refractivity contribution < 1.29 is 19.1 Å². The summed E-state index contributed by atoms with van der Waals surface area (Å²) in [6, 6.07) is 9.13. The first-order valence-corrected chi connectivity index (χ1v) is 9.52. The lowest BCUT2D eigenvalue weighted by Gasteiger charge is -2.34. The molecule has 1 aliphatic rings. The highest BCUT2D eigenvalue weighted by Gasteiger charge is 2.24. The Kier molecular flexibility index (Phi) is 6.13. The van der Waals surface area contributed by atoms with Crippen LogP contribution in [0.4, 0.5) is 0 Å². The van der Waals surface area contributed by atoms with Gasteiger partial charge < -0.3 is 19.3 Å². The number of piperazine rings is 1. The molecule has 2 amide bonds. The molecule has 1 aliphatic heterocycles. The maximum absolute atomic E-state index is 12.5. The van der Waals surface area contributed by atoms with Crippen LogP contribution in [0, 0.1) is 0 Å². The van der Waals surface area contributed by atoms with Crippen LogP contribution in [0.1, 0.15) is 15.2 Å². The Morgan fingerprint density at radius 3 is 2.41 bits per heavy atom. The molecule has 3 rings (SSSR count). The maximum atomic E-state index is 12.5. The number of rotatable bonds is 5. The van der Waals surface area contributed by atoms with Gasteiger partial charge in [0.05, 0.1) is 19.1 Å². The fourth-order valence-corrected chi connectivity index (χ4v) is 3.61. The van der Waals surface area contributed by atoms with Gasteiger partial charge in [-0.25, -0.2) is 0 Å². The fourth-order valence-electron chi connectivity index (χ4n) is 2.92. The minimum Gasteiger partial charge on any atom is -0.497 e. The standard InChI is InChI=1S/C20H22N2O4S/c1-25-16-6-7-17(26-2)15(14-16)5-8-19(23)21-9-11-22(12-10-21)20(24)18-4-3-13-27-18/h3-8,13-14H,9-12H2,1-2H3. The van der Waals surface area contributed by atoms with Crippen LogP contribution in [0.3, 0.4) is 0 Å². The maximum Gasteiger partial charge on any atom is 0.264 e. The topological polar surface area (TPSA) is 59.1 Å². The zero-order valence-corrected chi connectivity index (χ0v) is 16.2. The first-order chi connectivity index (χ1) is 13.1. The van der Waals surface area contributed by atoms with Crippen molar-refractivity contribution in [1.29, 1.82) is 0 Å². The number of benzene rings is 1. The van der Waals surface area contributed by atoms with E-state index in [0.717, 1.165) is 10.4 Å². The third-order valence-corrected chi connectivity index (χ3v) is 5.31. The molecule has 0 unspecified atom stereocenters. The highest BCUT2D eigenvalue weighted by Crippen LogP contribution is 2.25. The summed E-state index contributed by atoms with van der Waals surface area (Å²) in [6.45, 7) is 2.13. The molecular weight excluding hydrogens is 364 g/mol. The second-order valence-electron chi connectivity index (χ2n) is 6.04. The van der Waals surface area contributed by atoms with Crippen LogP contribution in [0.15, 0.2) is 41.8 Å². The van der Waals surface area contributed by atoms with E-state index >= 15 is 0 Å². The largest absolute Gasteiger partial charge is 0.497 e. The fraction of sp³-hybridized carbons (Fsp3) is 0.300. The summed E-state index contributed by atoms with van der Waals surface area (Å²) in [5.41, 5.74) is 0.775. The van der Waals surface area contributed by atoms with Crippen molar-refractivity contribution in [3.05, 3.63) is 52.2 Å². The summed E-state index contributed by atoms with van der Waals surface area (Å²) in [7, 11) is 3.18. The highest BCUT2D eigenvalue weighted by molar-refractivity contribution is 7.12. The minimum atomic E-state index is -0.0805. The molecule has 2 aromatic rings. The van der Waals surface area contributed by atoms with E-state index in [9.17, 15) is 9.59 Å². The number of thiophene rings is 1. The summed E-state index contributed by atoms with van der Waals surface area (Å²) < 4.78 is 10.5. The molecule has 0 N–H and O–H groups in total. The molecule has 0 atom stereocenters. The van der Waals surface area contributed by atoms with E-state index in [4.69, 9.17) is 9.47 Å². The van der Waals surface area contributed by atoms with Crippen LogP contribution in [0.2, 0.25) is 0 Å². The molecule has 6 nitrogen and oxygen atoms in total. The molecule has 1 fully saturated rings. The predicted molar refractivity (Wildman–Crippen MR) is 105 cm³/mol. The van der Waals surface area contributed by atoms with E-state index in [0.29, 0.717) is 37.7 Å². The average molecular weight is 386 g/mol. The normalized spacial score (nSPS) is 14.4. The molecule has 0 spiro atoms. The highest BCUT2D eigenvalue weighted by atomic mass is 32.1.